The van der Waals surface area contributed by atoms with Crippen LogP contribution in [0.4, 0.5) is 0 Å². The molecule has 0 bridgehead atoms. The van der Waals surface area contributed by atoms with Crippen molar-refractivity contribution in [1.82, 2.24) is 30.2 Å². The predicted molar refractivity (Wildman–Crippen MR) is 107 cm³/mol. The molecule has 29 heavy (non-hydrogen) atoms. The van der Waals surface area contributed by atoms with Crippen LogP contribution in [0.15, 0.2) is 36.7 Å². The van der Waals surface area contributed by atoms with Gasteiger partial charge in [0.25, 0.3) is 5.91 Å². The number of rotatable bonds is 7. The number of para-hydroxylation sites is 1. The van der Waals surface area contributed by atoms with Gasteiger partial charge in [-0.05, 0) is 36.8 Å². The van der Waals surface area contributed by atoms with Crippen LogP contribution in [-0.4, -0.2) is 56.3 Å². The van der Waals surface area contributed by atoms with Gasteiger partial charge in [-0.2, -0.15) is 0 Å². The molecular formula is C21H24N6O2. The van der Waals surface area contributed by atoms with E-state index in [-0.39, 0.29) is 17.9 Å². The van der Waals surface area contributed by atoms with Crippen LogP contribution in [0.3, 0.4) is 0 Å². The molecule has 2 amide bonds. The number of hydrogen-bond donors (Lipinski definition) is 2. The lowest BCUT2D eigenvalue weighted by Gasteiger charge is -2.38. The Bertz CT molecular complexity index is 1040. The molecular weight excluding hydrogens is 368 g/mol. The smallest absolute Gasteiger partial charge is 0.273 e. The number of aromatic amines is 1. The number of hydrogen-bond acceptors (Lipinski definition) is 4. The molecule has 3 heterocycles. The minimum Gasteiger partial charge on any atom is -0.361 e. The summed E-state index contributed by atoms with van der Waals surface area (Å²) in [6.45, 7) is 1.94. The minimum atomic E-state index is -0.172. The number of nitrogens with zero attached hydrogens (tertiary/aromatic N) is 4. The molecule has 1 aliphatic heterocycles. The molecule has 5 rings (SSSR count). The lowest BCUT2D eigenvalue weighted by atomic mass is 10.1. The molecule has 8 heteroatoms. The standard InChI is InChI=1S/C21H24N6O2/c28-20(8-7-15-10-22-18-4-2-1-3-17(15)18)26-11-16(12-26)27-13-19(24-25-27)21(29)23-9-14-5-6-14/h1-4,10,13-14,16,22H,5-9,11-12H2,(H,23,29). The number of likely N-dealkylation sites (tertiary alicyclic amines) is 1. The minimum absolute atomic E-state index is 0.0875. The highest BCUT2D eigenvalue weighted by Crippen LogP contribution is 2.27. The van der Waals surface area contributed by atoms with Gasteiger partial charge in [-0.15, -0.1) is 5.10 Å². The summed E-state index contributed by atoms with van der Waals surface area (Å²) in [5.41, 5.74) is 2.61. The molecule has 1 aromatic carbocycles. The van der Waals surface area contributed by atoms with Gasteiger partial charge in [0, 0.05) is 43.2 Å². The molecule has 1 saturated carbocycles. The molecule has 8 nitrogen and oxygen atoms in total. The zero-order valence-electron chi connectivity index (χ0n) is 16.2. The largest absolute Gasteiger partial charge is 0.361 e. The molecule has 0 unspecified atom stereocenters. The van der Waals surface area contributed by atoms with Crippen molar-refractivity contribution in [2.24, 2.45) is 5.92 Å². The van der Waals surface area contributed by atoms with E-state index in [0.717, 1.165) is 11.9 Å². The van der Waals surface area contributed by atoms with Gasteiger partial charge in [0.15, 0.2) is 5.69 Å². The maximum atomic E-state index is 12.5. The molecule has 1 aliphatic carbocycles. The van der Waals surface area contributed by atoms with E-state index in [1.807, 2.05) is 29.3 Å². The first kappa shape index (κ1) is 17.9. The van der Waals surface area contributed by atoms with Gasteiger partial charge in [0.05, 0.1) is 12.2 Å². The van der Waals surface area contributed by atoms with Gasteiger partial charge >= 0.3 is 0 Å². The van der Waals surface area contributed by atoms with Crippen LogP contribution in [0.1, 0.15) is 41.4 Å². The van der Waals surface area contributed by atoms with Gasteiger partial charge in [-0.25, -0.2) is 4.68 Å². The summed E-state index contributed by atoms with van der Waals surface area (Å²) < 4.78 is 1.70. The van der Waals surface area contributed by atoms with Crippen molar-refractivity contribution in [2.45, 2.75) is 31.7 Å². The third kappa shape index (κ3) is 3.74. The zero-order valence-corrected chi connectivity index (χ0v) is 16.2. The highest BCUT2D eigenvalue weighted by molar-refractivity contribution is 5.91. The van der Waals surface area contributed by atoms with Crippen molar-refractivity contribution in [2.75, 3.05) is 19.6 Å². The summed E-state index contributed by atoms with van der Waals surface area (Å²) in [5.74, 6) is 0.604. The quantitative estimate of drug-likeness (QED) is 0.642. The van der Waals surface area contributed by atoms with Crippen LogP contribution in [0, 0.1) is 5.92 Å². The molecule has 0 atom stereocenters. The van der Waals surface area contributed by atoms with Gasteiger partial charge in [0.2, 0.25) is 5.91 Å². The zero-order chi connectivity index (χ0) is 19.8. The van der Waals surface area contributed by atoms with Crippen molar-refractivity contribution in [3.8, 4) is 0 Å². The van der Waals surface area contributed by atoms with Crippen molar-refractivity contribution in [3.63, 3.8) is 0 Å². The average molecular weight is 392 g/mol. The summed E-state index contributed by atoms with van der Waals surface area (Å²) in [6, 6.07) is 8.22. The fourth-order valence-corrected chi connectivity index (χ4v) is 3.77. The fourth-order valence-electron chi connectivity index (χ4n) is 3.77. The topological polar surface area (TPSA) is 95.9 Å². The van der Waals surface area contributed by atoms with Crippen LogP contribution in [0.2, 0.25) is 0 Å². The Hall–Kier alpha value is -3.16. The van der Waals surface area contributed by atoms with E-state index in [1.165, 1.54) is 23.8 Å². The van der Waals surface area contributed by atoms with E-state index in [1.54, 1.807) is 10.9 Å². The number of carbonyl (C=O) groups excluding carboxylic acids is 2. The van der Waals surface area contributed by atoms with Crippen LogP contribution < -0.4 is 5.32 Å². The van der Waals surface area contributed by atoms with E-state index in [2.05, 4.69) is 26.7 Å². The summed E-state index contributed by atoms with van der Waals surface area (Å²) in [7, 11) is 0. The highest BCUT2D eigenvalue weighted by atomic mass is 16.2. The van der Waals surface area contributed by atoms with Crippen molar-refractivity contribution < 1.29 is 9.59 Å². The average Bonchev–Trinajstić information content (AvgIpc) is 3.24. The SMILES string of the molecule is O=C(NCC1CC1)c1cn(C2CN(C(=O)CCc3c[nH]c4ccccc34)C2)nn1. The fraction of sp³-hybridized carbons (Fsp3) is 0.429. The second kappa shape index (κ2) is 7.35. The lowest BCUT2D eigenvalue weighted by Crippen LogP contribution is -2.51. The summed E-state index contributed by atoms with van der Waals surface area (Å²) in [4.78, 5) is 29.7. The molecule has 1 saturated heterocycles. The third-order valence-corrected chi connectivity index (χ3v) is 5.86. The summed E-state index contributed by atoms with van der Waals surface area (Å²) in [5, 5.41) is 12.1. The second-order valence-electron chi connectivity index (χ2n) is 8.05. The first-order valence-electron chi connectivity index (χ1n) is 10.2. The van der Waals surface area contributed by atoms with Crippen LogP contribution in [-0.2, 0) is 11.2 Å². The predicted octanol–water partition coefficient (Wildman–Crippen LogP) is 1.92. The van der Waals surface area contributed by atoms with Crippen molar-refractivity contribution in [1.29, 1.82) is 0 Å². The Labute approximate surface area is 168 Å². The van der Waals surface area contributed by atoms with E-state index in [0.29, 0.717) is 37.7 Å². The van der Waals surface area contributed by atoms with Crippen LogP contribution in [0.5, 0.6) is 0 Å². The van der Waals surface area contributed by atoms with Gasteiger partial charge in [-0.3, -0.25) is 9.59 Å². The van der Waals surface area contributed by atoms with E-state index >= 15 is 0 Å². The number of carbonyl (C=O) groups is 2. The maximum Gasteiger partial charge on any atom is 0.273 e. The number of nitrogens with one attached hydrogen (secondary N) is 2. The number of aromatic nitrogens is 4. The first-order valence-corrected chi connectivity index (χ1v) is 10.2. The second-order valence-corrected chi connectivity index (χ2v) is 8.05. The molecule has 2 aliphatic rings. The van der Waals surface area contributed by atoms with E-state index < -0.39 is 0 Å². The van der Waals surface area contributed by atoms with E-state index in [9.17, 15) is 9.59 Å². The van der Waals surface area contributed by atoms with Crippen molar-refractivity contribution in [3.05, 3.63) is 47.9 Å². The molecule has 0 spiro atoms. The number of benzene rings is 1. The Morgan fingerprint density at radius 1 is 1.21 bits per heavy atom. The van der Waals surface area contributed by atoms with Crippen LogP contribution in [0.25, 0.3) is 10.9 Å². The number of H-pyrrole nitrogens is 1. The Morgan fingerprint density at radius 2 is 2.03 bits per heavy atom. The maximum absolute atomic E-state index is 12.5. The Morgan fingerprint density at radius 3 is 2.86 bits per heavy atom. The van der Waals surface area contributed by atoms with Gasteiger partial charge in [-0.1, -0.05) is 23.4 Å². The number of fused-ring (bicyclic) bond motifs is 1. The summed E-state index contributed by atoms with van der Waals surface area (Å²) in [6.07, 6.45) is 7.26. The highest BCUT2D eigenvalue weighted by Gasteiger charge is 2.33. The Balaban J connectivity index is 1.11. The molecule has 2 fully saturated rings. The molecule has 3 aromatic rings. The molecule has 2 aromatic heterocycles. The number of aryl methyl sites for hydroxylation is 1. The van der Waals surface area contributed by atoms with Gasteiger partial charge in [0.1, 0.15) is 0 Å². The Kier molecular flexibility index (Phi) is 4.54. The molecule has 0 radical (unpaired) electrons. The molecule has 2 N–H and O–H groups in total. The lowest BCUT2D eigenvalue weighted by molar-refractivity contribution is -0.137. The summed E-state index contributed by atoms with van der Waals surface area (Å²) >= 11 is 0. The third-order valence-electron chi connectivity index (χ3n) is 5.86. The monoisotopic (exact) mass is 392 g/mol. The number of amides is 2. The van der Waals surface area contributed by atoms with E-state index in [4.69, 9.17) is 0 Å². The first-order chi connectivity index (χ1) is 14.2. The van der Waals surface area contributed by atoms with Crippen molar-refractivity contribution >= 4 is 22.7 Å². The normalized spacial score (nSPS) is 16.8. The van der Waals surface area contributed by atoms with Gasteiger partial charge < -0.3 is 15.2 Å². The molecule has 150 valence electrons. The van der Waals surface area contributed by atoms with Crippen LogP contribution >= 0.6 is 0 Å².